The molecule has 4 rings (SSSR count). The molecule has 2 heterocycles. The summed E-state index contributed by atoms with van der Waals surface area (Å²) in [5.41, 5.74) is 2.13. The van der Waals surface area contributed by atoms with Crippen molar-refractivity contribution in [2.24, 2.45) is 0 Å². The van der Waals surface area contributed by atoms with Crippen LogP contribution in [0.2, 0.25) is 10.0 Å². The van der Waals surface area contributed by atoms with Crippen LogP contribution in [0.5, 0.6) is 0 Å². The summed E-state index contributed by atoms with van der Waals surface area (Å²) in [7, 11) is -3.23. The Labute approximate surface area is 162 Å². The number of hydrogen-bond donors (Lipinski definition) is 0. The second-order valence-electron chi connectivity index (χ2n) is 6.64. The van der Waals surface area contributed by atoms with Gasteiger partial charge in [-0.15, -0.1) is 0 Å². The number of carbonyl (C=O) groups excluding carboxylic acids is 1. The molecule has 0 spiro atoms. The molecule has 2 aliphatic heterocycles. The molecule has 0 aliphatic carbocycles. The van der Waals surface area contributed by atoms with Gasteiger partial charge in [-0.2, -0.15) is 0 Å². The van der Waals surface area contributed by atoms with Gasteiger partial charge in [0.15, 0.2) is 9.84 Å². The lowest BCUT2D eigenvalue weighted by Crippen LogP contribution is -2.37. The van der Waals surface area contributed by atoms with E-state index in [0.717, 1.165) is 5.56 Å². The molecule has 2 amide bonds. The third-order valence-electron chi connectivity index (χ3n) is 4.91. The van der Waals surface area contributed by atoms with E-state index < -0.39 is 21.9 Å². The highest BCUT2D eigenvalue weighted by Gasteiger charge is 2.54. The second kappa shape index (κ2) is 6.15. The maximum atomic E-state index is 13.2. The molecule has 136 valence electrons. The van der Waals surface area contributed by atoms with Crippen molar-refractivity contribution >= 4 is 50.4 Å². The van der Waals surface area contributed by atoms with Crippen LogP contribution in [-0.2, 0) is 9.84 Å². The first-order chi connectivity index (χ1) is 12.3. The van der Waals surface area contributed by atoms with Gasteiger partial charge < -0.3 is 0 Å². The average Bonchev–Trinajstić information content (AvgIpc) is 3.00. The number of amides is 2. The van der Waals surface area contributed by atoms with Crippen molar-refractivity contribution in [3.05, 3.63) is 58.1 Å². The van der Waals surface area contributed by atoms with E-state index >= 15 is 0 Å². The molecule has 2 aromatic rings. The smallest absolute Gasteiger partial charge is 0.288 e. The molecule has 2 saturated heterocycles. The van der Waals surface area contributed by atoms with Crippen molar-refractivity contribution in [2.75, 3.05) is 21.3 Å². The molecule has 0 N–H and O–H groups in total. The van der Waals surface area contributed by atoms with Crippen LogP contribution in [0.25, 0.3) is 0 Å². The van der Waals surface area contributed by atoms with Gasteiger partial charge in [0.2, 0.25) is 0 Å². The topological polar surface area (TPSA) is 57.7 Å². The predicted octanol–water partition coefficient (Wildman–Crippen LogP) is 3.91. The zero-order valence-corrected chi connectivity index (χ0v) is 16.2. The van der Waals surface area contributed by atoms with Gasteiger partial charge in [-0.1, -0.05) is 29.3 Å². The number of urea groups is 1. The molecular weight excluding hydrogens is 395 g/mol. The molecule has 0 radical (unpaired) electrons. The Morgan fingerprint density at radius 3 is 2.04 bits per heavy atom. The first-order valence-electron chi connectivity index (χ1n) is 8.11. The highest BCUT2D eigenvalue weighted by atomic mass is 35.5. The number of anilines is 2. The Bertz CT molecular complexity index is 992. The summed E-state index contributed by atoms with van der Waals surface area (Å²) in [5.74, 6) is -0.110. The molecule has 0 bridgehead atoms. The number of nitrogens with zero attached hydrogens (tertiary/aromatic N) is 2. The summed E-state index contributed by atoms with van der Waals surface area (Å²) >= 11 is 12.2. The molecule has 0 unspecified atom stereocenters. The highest BCUT2D eigenvalue weighted by molar-refractivity contribution is 7.91. The van der Waals surface area contributed by atoms with Gasteiger partial charge in [0.1, 0.15) is 0 Å². The van der Waals surface area contributed by atoms with Crippen molar-refractivity contribution in [1.82, 2.24) is 0 Å². The van der Waals surface area contributed by atoms with Crippen molar-refractivity contribution < 1.29 is 13.2 Å². The van der Waals surface area contributed by atoms with Crippen LogP contribution in [-0.4, -0.2) is 38.0 Å². The van der Waals surface area contributed by atoms with Gasteiger partial charge >= 0.3 is 6.03 Å². The Hall–Kier alpha value is -1.76. The Morgan fingerprint density at radius 1 is 0.923 bits per heavy atom. The lowest BCUT2D eigenvalue weighted by atomic mass is 10.1. The molecule has 2 aliphatic rings. The van der Waals surface area contributed by atoms with Gasteiger partial charge in [-0.25, -0.2) is 13.2 Å². The monoisotopic (exact) mass is 410 g/mol. The maximum absolute atomic E-state index is 13.2. The minimum atomic E-state index is -3.23. The summed E-state index contributed by atoms with van der Waals surface area (Å²) in [5, 5.41) is 1.09. The fourth-order valence-corrected chi connectivity index (χ4v) is 5.86. The quantitative estimate of drug-likeness (QED) is 0.704. The third-order valence-corrected chi connectivity index (χ3v) is 7.27. The molecule has 5 nitrogen and oxygen atoms in total. The van der Waals surface area contributed by atoms with E-state index in [1.165, 1.54) is 0 Å². The molecule has 26 heavy (non-hydrogen) atoms. The Balaban J connectivity index is 1.81. The summed E-state index contributed by atoms with van der Waals surface area (Å²) in [6.45, 7) is 1.88. The van der Waals surface area contributed by atoms with Gasteiger partial charge in [0.25, 0.3) is 0 Å². The van der Waals surface area contributed by atoms with E-state index in [-0.39, 0.29) is 17.5 Å². The van der Waals surface area contributed by atoms with Crippen molar-refractivity contribution in [3.63, 3.8) is 0 Å². The third kappa shape index (κ3) is 2.86. The van der Waals surface area contributed by atoms with Gasteiger partial charge in [0, 0.05) is 21.4 Å². The number of carbonyl (C=O) groups is 1. The number of fused-ring (bicyclic) bond motifs is 1. The number of aryl methyl sites for hydroxylation is 1. The largest absolute Gasteiger partial charge is 0.329 e. The summed E-state index contributed by atoms with van der Waals surface area (Å²) in [6.07, 6.45) is 0. The number of benzene rings is 2. The Morgan fingerprint density at radius 2 is 1.46 bits per heavy atom. The maximum Gasteiger partial charge on any atom is 0.329 e. The van der Waals surface area contributed by atoms with Crippen LogP contribution in [0.3, 0.4) is 0 Å². The van der Waals surface area contributed by atoms with Crippen LogP contribution in [0.1, 0.15) is 5.56 Å². The minimum Gasteiger partial charge on any atom is -0.288 e. The Kier molecular flexibility index (Phi) is 4.17. The fraction of sp³-hybridized carbons (Fsp3) is 0.278. The number of halogens is 2. The lowest BCUT2D eigenvalue weighted by Gasteiger charge is -2.23. The molecule has 0 saturated carbocycles. The standard InChI is InChI=1S/C18H16Cl2N2O3S/c1-11-2-5-14(8-15(11)20)22-17-10-26(24,25)9-16(17)21(18(22)23)13-6-3-12(19)4-7-13/h2-8,16-17H,9-10H2,1H3/t16-,17-/m0/s1. The van der Waals surface area contributed by atoms with Crippen molar-refractivity contribution in [1.29, 1.82) is 0 Å². The van der Waals surface area contributed by atoms with Crippen LogP contribution < -0.4 is 9.80 Å². The summed E-state index contributed by atoms with van der Waals surface area (Å²) in [4.78, 5) is 16.3. The molecule has 2 aromatic carbocycles. The van der Waals surface area contributed by atoms with Crippen molar-refractivity contribution in [3.8, 4) is 0 Å². The molecule has 2 atom stereocenters. The van der Waals surface area contributed by atoms with E-state index in [9.17, 15) is 13.2 Å². The first kappa shape index (κ1) is 17.6. The molecule has 0 aromatic heterocycles. The average molecular weight is 411 g/mol. The van der Waals surface area contributed by atoms with Crippen LogP contribution in [0.4, 0.5) is 16.2 Å². The van der Waals surface area contributed by atoms with E-state index in [4.69, 9.17) is 23.2 Å². The van der Waals surface area contributed by atoms with Crippen LogP contribution in [0, 0.1) is 6.92 Å². The van der Waals surface area contributed by atoms with Crippen molar-refractivity contribution in [2.45, 2.75) is 19.0 Å². The van der Waals surface area contributed by atoms with Gasteiger partial charge in [-0.05, 0) is 48.9 Å². The minimum absolute atomic E-state index is 0.0534. The number of hydrogen-bond acceptors (Lipinski definition) is 3. The SMILES string of the molecule is Cc1ccc(N2C(=O)N(c3ccc(Cl)cc3)[C@H]3CS(=O)(=O)C[C@@H]32)cc1Cl. The van der Waals surface area contributed by atoms with E-state index in [1.54, 1.807) is 46.2 Å². The van der Waals surface area contributed by atoms with E-state index in [1.807, 2.05) is 13.0 Å². The fourth-order valence-electron chi connectivity index (χ4n) is 3.64. The highest BCUT2D eigenvalue weighted by Crippen LogP contribution is 2.39. The van der Waals surface area contributed by atoms with Gasteiger partial charge in [0.05, 0.1) is 23.6 Å². The van der Waals surface area contributed by atoms with E-state index in [0.29, 0.717) is 21.4 Å². The number of rotatable bonds is 2. The second-order valence-corrected chi connectivity index (χ2v) is 9.64. The van der Waals surface area contributed by atoms with Crippen LogP contribution >= 0.6 is 23.2 Å². The lowest BCUT2D eigenvalue weighted by molar-refractivity contribution is 0.255. The molecular formula is C18H16Cl2N2O3S. The zero-order valence-electron chi connectivity index (χ0n) is 13.9. The zero-order chi connectivity index (χ0) is 18.6. The first-order valence-corrected chi connectivity index (χ1v) is 10.7. The molecule has 2 fully saturated rings. The summed E-state index contributed by atoms with van der Waals surface area (Å²) in [6, 6.07) is 11.0. The van der Waals surface area contributed by atoms with Crippen LogP contribution in [0.15, 0.2) is 42.5 Å². The number of sulfone groups is 1. The van der Waals surface area contributed by atoms with E-state index in [2.05, 4.69) is 0 Å². The van der Waals surface area contributed by atoms with Gasteiger partial charge in [-0.3, -0.25) is 9.80 Å². The molecule has 8 heteroatoms. The summed E-state index contributed by atoms with van der Waals surface area (Å²) < 4.78 is 24.5. The predicted molar refractivity (Wildman–Crippen MR) is 104 cm³/mol. The normalized spacial score (nSPS) is 24.2.